The molecule has 12 heteroatoms. The Bertz CT molecular complexity index is 1400. The molecule has 5 amide bonds. The van der Waals surface area contributed by atoms with Crippen molar-refractivity contribution in [1.82, 2.24) is 26.2 Å². The molecule has 0 unspecified atom stereocenters. The summed E-state index contributed by atoms with van der Waals surface area (Å²) in [5.41, 5.74) is 2.25. The van der Waals surface area contributed by atoms with Gasteiger partial charge >= 0.3 is 0 Å². The van der Waals surface area contributed by atoms with Crippen LogP contribution in [0.2, 0.25) is 0 Å². The molecule has 1 saturated heterocycles. The fraction of sp³-hybridized carbons (Fsp3) is 0.500. The summed E-state index contributed by atoms with van der Waals surface area (Å²) >= 11 is 1.53. The Balaban J connectivity index is 1.70. The number of hydrogen-bond acceptors (Lipinski definition) is 7. The van der Waals surface area contributed by atoms with E-state index in [0.29, 0.717) is 30.8 Å². The Morgan fingerprint density at radius 3 is 2.46 bits per heavy atom. The molecule has 2 aliphatic rings. The first-order valence-electron chi connectivity index (χ1n) is 15.8. The van der Waals surface area contributed by atoms with E-state index >= 15 is 0 Å². The van der Waals surface area contributed by atoms with Crippen LogP contribution in [-0.2, 0) is 32.0 Å². The van der Waals surface area contributed by atoms with E-state index in [1.807, 2.05) is 36.6 Å². The van der Waals surface area contributed by atoms with Gasteiger partial charge in [0.25, 0.3) is 5.91 Å². The van der Waals surface area contributed by atoms with Gasteiger partial charge in [0, 0.05) is 12.1 Å². The SMILES string of the molecule is CSCC[C@@H]1NC(=O)[C@H](C(C)C)NC(=O)CN(C(=O)c2ccc3c(c2)CCCO3)C[C@@H](Cc2ccccc2)NC(=O)[C@H](C)NC1=O. The average Bonchev–Trinajstić information content (AvgIpc) is 3.04. The van der Waals surface area contributed by atoms with Gasteiger partial charge in [0.2, 0.25) is 23.6 Å². The Kier molecular flexibility index (Phi) is 12.5. The monoisotopic (exact) mass is 651 g/mol. The lowest BCUT2D eigenvalue weighted by Gasteiger charge is -2.30. The van der Waals surface area contributed by atoms with Gasteiger partial charge in [-0.1, -0.05) is 44.2 Å². The highest BCUT2D eigenvalue weighted by atomic mass is 32.2. The maximum atomic E-state index is 14.1. The van der Waals surface area contributed by atoms with Crippen LogP contribution < -0.4 is 26.0 Å². The molecular weight excluding hydrogens is 606 g/mol. The van der Waals surface area contributed by atoms with Gasteiger partial charge in [0.05, 0.1) is 19.2 Å². The first kappa shape index (κ1) is 34.8. The molecule has 2 aromatic carbocycles. The van der Waals surface area contributed by atoms with Crippen molar-refractivity contribution < 1.29 is 28.7 Å². The molecule has 4 N–H and O–H groups in total. The number of amides is 5. The minimum atomic E-state index is -0.947. The molecule has 2 heterocycles. The number of carbonyl (C=O) groups excluding carboxylic acids is 5. The number of nitrogens with one attached hydrogen (secondary N) is 4. The van der Waals surface area contributed by atoms with Crippen molar-refractivity contribution >= 4 is 41.3 Å². The molecule has 11 nitrogen and oxygen atoms in total. The van der Waals surface area contributed by atoms with Crippen molar-refractivity contribution in [2.24, 2.45) is 5.92 Å². The summed E-state index contributed by atoms with van der Waals surface area (Å²) in [5, 5.41) is 11.4. The van der Waals surface area contributed by atoms with Gasteiger partial charge in [-0.25, -0.2) is 0 Å². The first-order chi connectivity index (χ1) is 22.0. The fourth-order valence-corrected chi connectivity index (χ4v) is 6.09. The third-order valence-corrected chi connectivity index (χ3v) is 8.79. The highest BCUT2D eigenvalue weighted by molar-refractivity contribution is 7.98. The Morgan fingerprint density at radius 1 is 0.978 bits per heavy atom. The summed E-state index contributed by atoms with van der Waals surface area (Å²) in [5.74, 6) is -1.31. The molecule has 0 aromatic heterocycles. The summed E-state index contributed by atoms with van der Waals surface area (Å²) in [6, 6.07) is 11.4. The van der Waals surface area contributed by atoms with E-state index in [1.165, 1.54) is 16.7 Å². The van der Waals surface area contributed by atoms with Gasteiger partial charge in [-0.15, -0.1) is 0 Å². The zero-order valence-electron chi connectivity index (χ0n) is 27.0. The Hall–Kier alpha value is -4.06. The number of benzene rings is 2. The van der Waals surface area contributed by atoms with Crippen LogP contribution in [0.25, 0.3) is 0 Å². The molecule has 4 atom stereocenters. The van der Waals surface area contributed by atoms with E-state index in [9.17, 15) is 24.0 Å². The molecule has 0 aliphatic carbocycles. The van der Waals surface area contributed by atoms with Crippen molar-refractivity contribution in [3.05, 3.63) is 65.2 Å². The van der Waals surface area contributed by atoms with E-state index in [1.54, 1.807) is 39.0 Å². The minimum absolute atomic E-state index is 0.00995. The van der Waals surface area contributed by atoms with Gasteiger partial charge in [-0.2, -0.15) is 11.8 Å². The second kappa shape index (κ2) is 16.5. The van der Waals surface area contributed by atoms with Crippen LogP contribution in [-0.4, -0.2) is 90.3 Å². The first-order valence-corrected chi connectivity index (χ1v) is 17.2. The molecule has 248 valence electrons. The van der Waals surface area contributed by atoms with Crippen LogP contribution in [0.5, 0.6) is 5.75 Å². The van der Waals surface area contributed by atoms with Crippen LogP contribution in [0.3, 0.4) is 0 Å². The highest BCUT2D eigenvalue weighted by Gasteiger charge is 2.33. The molecule has 2 aliphatic heterocycles. The number of aryl methyl sites for hydroxylation is 1. The lowest BCUT2D eigenvalue weighted by molar-refractivity contribution is -0.134. The summed E-state index contributed by atoms with van der Waals surface area (Å²) in [7, 11) is 0. The van der Waals surface area contributed by atoms with Crippen LogP contribution in [0.15, 0.2) is 48.5 Å². The number of carbonyl (C=O) groups is 5. The topological polar surface area (TPSA) is 146 Å². The second-order valence-electron chi connectivity index (χ2n) is 12.2. The second-order valence-corrected chi connectivity index (χ2v) is 13.2. The van der Waals surface area contributed by atoms with Gasteiger partial charge in [-0.05, 0) is 79.9 Å². The Labute approximate surface area is 275 Å². The van der Waals surface area contributed by atoms with Crippen LogP contribution in [0.4, 0.5) is 0 Å². The predicted octanol–water partition coefficient (Wildman–Crippen LogP) is 2.08. The largest absolute Gasteiger partial charge is 0.493 e. The smallest absolute Gasteiger partial charge is 0.254 e. The quantitative estimate of drug-likeness (QED) is 0.359. The third-order valence-electron chi connectivity index (χ3n) is 8.15. The molecule has 1 fully saturated rings. The van der Waals surface area contributed by atoms with Gasteiger partial charge in [-0.3, -0.25) is 24.0 Å². The van der Waals surface area contributed by atoms with Crippen LogP contribution in [0, 0.1) is 5.92 Å². The van der Waals surface area contributed by atoms with Gasteiger partial charge < -0.3 is 30.9 Å². The number of ether oxygens (including phenoxy) is 1. The maximum absolute atomic E-state index is 14.1. The van der Waals surface area contributed by atoms with Crippen molar-refractivity contribution in [3.8, 4) is 5.75 Å². The van der Waals surface area contributed by atoms with Gasteiger partial charge in [0.15, 0.2) is 0 Å². The van der Waals surface area contributed by atoms with Crippen LogP contribution in [0.1, 0.15) is 55.1 Å². The third kappa shape index (κ3) is 9.48. The molecule has 0 radical (unpaired) electrons. The standard InChI is InChI=1S/C34H45N5O6S/c1-21(2)30-33(43)37-27(14-16-46-4)32(42)35-22(3)31(41)36-26(17-23-9-6-5-7-10-23)19-39(20-29(40)38-30)34(44)25-12-13-28-24(18-25)11-8-15-45-28/h5-7,9-10,12-13,18,21-22,26-27,30H,8,11,14-17,19-20H2,1-4H3,(H,35,42)(H,36,41)(H,37,43)(H,38,40)/t22-,26+,27-,30-/m0/s1. The maximum Gasteiger partial charge on any atom is 0.254 e. The van der Waals surface area contributed by atoms with E-state index in [0.717, 1.165) is 29.7 Å². The minimum Gasteiger partial charge on any atom is -0.493 e. The molecule has 4 rings (SSSR count). The number of hydrogen-bond donors (Lipinski definition) is 4. The van der Waals surface area contributed by atoms with Crippen LogP contribution >= 0.6 is 11.8 Å². The van der Waals surface area contributed by atoms with E-state index in [2.05, 4.69) is 21.3 Å². The van der Waals surface area contributed by atoms with Gasteiger partial charge in [0.1, 0.15) is 23.9 Å². The summed E-state index contributed by atoms with van der Waals surface area (Å²) < 4.78 is 5.73. The van der Waals surface area contributed by atoms with Crippen molar-refractivity contribution in [3.63, 3.8) is 0 Å². The van der Waals surface area contributed by atoms with E-state index < -0.39 is 47.8 Å². The van der Waals surface area contributed by atoms with E-state index in [4.69, 9.17) is 4.74 Å². The van der Waals surface area contributed by atoms with Crippen molar-refractivity contribution in [2.45, 2.75) is 70.6 Å². The predicted molar refractivity (Wildman–Crippen MR) is 178 cm³/mol. The average molecular weight is 652 g/mol. The van der Waals surface area contributed by atoms with Crippen molar-refractivity contribution in [2.75, 3.05) is 31.7 Å². The lowest BCUT2D eigenvalue weighted by atomic mass is 10.0. The number of thioether (sulfide) groups is 1. The summed E-state index contributed by atoms with van der Waals surface area (Å²) in [6.45, 7) is 5.47. The molecule has 0 spiro atoms. The number of fused-ring (bicyclic) bond motifs is 1. The zero-order chi connectivity index (χ0) is 33.2. The molecule has 46 heavy (non-hydrogen) atoms. The number of rotatable bonds is 7. The van der Waals surface area contributed by atoms with Crippen molar-refractivity contribution in [1.29, 1.82) is 0 Å². The molecule has 2 aromatic rings. The zero-order valence-corrected chi connectivity index (χ0v) is 27.8. The lowest BCUT2D eigenvalue weighted by Crippen LogP contribution is -2.57. The highest BCUT2D eigenvalue weighted by Crippen LogP contribution is 2.26. The summed E-state index contributed by atoms with van der Waals surface area (Å²) in [4.78, 5) is 69.3. The van der Waals surface area contributed by atoms with E-state index in [-0.39, 0.29) is 24.9 Å². The Morgan fingerprint density at radius 2 is 1.74 bits per heavy atom. The number of nitrogens with zero attached hydrogens (tertiary/aromatic N) is 1. The molecular formula is C34H45N5O6S. The summed E-state index contributed by atoms with van der Waals surface area (Å²) in [6.07, 6.45) is 4.24. The fourth-order valence-electron chi connectivity index (χ4n) is 5.62. The molecule has 0 bridgehead atoms. The molecule has 0 saturated carbocycles. The normalized spacial score (nSPS) is 23.1.